The van der Waals surface area contributed by atoms with Gasteiger partial charge in [-0.25, -0.2) is 0 Å². The highest BCUT2D eigenvalue weighted by atomic mass is 32.2. The van der Waals surface area contributed by atoms with Crippen molar-refractivity contribution in [1.82, 2.24) is 0 Å². The van der Waals surface area contributed by atoms with Crippen molar-refractivity contribution in [2.75, 3.05) is 12.0 Å². The minimum atomic E-state index is 0.445. The molecule has 1 nitrogen and oxygen atoms in total. The molecule has 0 fully saturated rings. The molecule has 0 atom stereocenters. The van der Waals surface area contributed by atoms with Crippen molar-refractivity contribution in [3.05, 3.63) is 0 Å². The second kappa shape index (κ2) is 9.11. The molecule has 0 amide bonds. The topological polar surface area (TPSA) is 17.1 Å². The number of unbranched alkanes of at least 4 members (excludes halogenated alkanes) is 3. The lowest BCUT2D eigenvalue weighted by molar-refractivity contribution is -0.118. The van der Waals surface area contributed by atoms with E-state index >= 15 is 0 Å². The maximum atomic E-state index is 11.2. The fraction of sp³-hybridized carbons (Fsp3) is 0.900. The summed E-state index contributed by atoms with van der Waals surface area (Å²) in [7, 11) is 0. The molecule has 0 aliphatic rings. The van der Waals surface area contributed by atoms with Gasteiger partial charge in [0.2, 0.25) is 0 Å². The van der Waals surface area contributed by atoms with Crippen LogP contribution in [0.2, 0.25) is 0 Å². The van der Waals surface area contributed by atoms with E-state index in [0.29, 0.717) is 5.78 Å². The van der Waals surface area contributed by atoms with Crippen molar-refractivity contribution in [3.8, 4) is 0 Å². The van der Waals surface area contributed by atoms with Crippen molar-refractivity contribution in [2.24, 2.45) is 0 Å². The first-order valence-corrected chi connectivity index (χ1v) is 6.21. The molecule has 72 valence electrons. The lowest BCUT2D eigenvalue weighted by Gasteiger charge is -1.98. The van der Waals surface area contributed by atoms with Crippen LogP contribution in [0.1, 0.15) is 45.4 Å². The van der Waals surface area contributed by atoms with E-state index in [0.717, 1.165) is 25.0 Å². The molecule has 0 aliphatic carbocycles. The van der Waals surface area contributed by atoms with E-state index in [1.807, 2.05) is 6.26 Å². The zero-order valence-electron chi connectivity index (χ0n) is 8.27. The van der Waals surface area contributed by atoms with Crippen molar-refractivity contribution in [1.29, 1.82) is 0 Å². The standard InChI is InChI=1S/C10H20OS/c1-3-4-5-6-7-10(11)8-9-12-2/h3-9H2,1-2H3. The zero-order chi connectivity index (χ0) is 9.23. The van der Waals surface area contributed by atoms with Gasteiger partial charge in [-0.05, 0) is 18.4 Å². The Kier molecular flexibility index (Phi) is 9.13. The SMILES string of the molecule is CCCCCCC(=O)CCSC. The summed E-state index contributed by atoms with van der Waals surface area (Å²) in [6.07, 6.45) is 8.47. The molecular formula is C10H20OS. The molecule has 0 aromatic carbocycles. The van der Waals surface area contributed by atoms with Crippen LogP contribution in [0.4, 0.5) is 0 Å². The summed E-state index contributed by atoms with van der Waals surface area (Å²) in [5.41, 5.74) is 0. The first-order valence-electron chi connectivity index (χ1n) is 4.82. The second-order valence-electron chi connectivity index (χ2n) is 3.09. The van der Waals surface area contributed by atoms with Crippen LogP contribution >= 0.6 is 11.8 Å². The number of thioether (sulfide) groups is 1. The van der Waals surface area contributed by atoms with E-state index in [1.54, 1.807) is 11.8 Å². The van der Waals surface area contributed by atoms with Crippen LogP contribution in [0.25, 0.3) is 0 Å². The molecule has 0 aromatic heterocycles. The van der Waals surface area contributed by atoms with Gasteiger partial charge in [-0.15, -0.1) is 0 Å². The van der Waals surface area contributed by atoms with E-state index in [2.05, 4.69) is 6.92 Å². The predicted molar refractivity (Wildman–Crippen MR) is 56.8 cm³/mol. The molecule has 0 radical (unpaired) electrons. The average Bonchev–Trinajstić information content (AvgIpc) is 2.09. The van der Waals surface area contributed by atoms with Crippen LogP contribution in [0, 0.1) is 0 Å². The molecule has 0 saturated carbocycles. The highest BCUT2D eigenvalue weighted by molar-refractivity contribution is 7.98. The Morgan fingerprint density at radius 2 is 1.92 bits per heavy atom. The molecule has 12 heavy (non-hydrogen) atoms. The number of ketones is 1. The quantitative estimate of drug-likeness (QED) is 0.544. The molecule has 0 bridgehead atoms. The summed E-state index contributed by atoms with van der Waals surface area (Å²) < 4.78 is 0. The molecule has 0 unspecified atom stereocenters. The number of rotatable bonds is 8. The predicted octanol–water partition coefficient (Wildman–Crippen LogP) is 3.28. The molecule has 0 aromatic rings. The van der Waals surface area contributed by atoms with Gasteiger partial charge in [0, 0.05) is 12.8 Å². The van der Waals surface area contributed by atoms with Gasteiger partial charge in [0.15, 0.2) is 0 Å². The Hall–Kier alpha value is 0.0200. The third-order valence-corrected chi connectivity index (χ3v) is 2.51. The van der Waals surface area contributed by atoms with Crippen LogP contribution < -0.4 is 0 Å². The van der Waals surface area contributed by atoms with Gasteiger partial charge in [0.05, 0.1) is 0 Å². The average molecular weight is 188 g/mol. The van der Waals surface area contributed by atoms with Gasteiger partial charge >= 0.3 is 0 Å². The molecule has 0 saturated heterocycles. The molecule has 2 heteroatoms. The summed E-state index contributed by atoms with van der Waals surface area (Å²) in [5.74, 6) is 1.44. The first kappa shape index (κ1) is 12.0. The summed E-state index contributed by atoms with van der Waals surface area (Å²) in [5, 5.41) is 0. The molecule has 0 aliphatic heterocycles. The number of carbonyl (C=O) groups is 1. The molecule has 0 spiro atoms. The van der Waals surface area contributed by atoms with Crippen molar-refractivity contribution in [2.45, 2.75) is 45.4 Å². The minimum absolute atomic E-state index is 0.445. The first-order chi connectivity index (χ1) is 5.81. The highest BCUT2D eigenvalue weighted by Gasteiger charge is 1.99. The summed E-state index contributed by atoms with van der Waals surface area (Å²) in [4.78, 5) is 11.2. The van der Waals surface area contributed by atoms with Gasteiger partial charge in [0.25, 0.3) is 0 Å². The largest absolute Gasteiger partial charge is 0.300 e. The highest BCUT2D eigenvalue weighted by Crippen LogP contribution is 2.06. The fourth-order valence-electron chi connectivity index (χ4n) is 1.09. The van der Waals surface area contributed by atoms with Crippen molar-refractivity contribution >= 4 is 17.5 Å². The zero-order valence-corrected chi connectivity index (χ0v) is 9.08. The van der Waals surface area contributed by atoms with E-state index in [-0.39, 0.29) is 0 Å². The number of Topliss-reactive ketones (excluding diaryl/α,β-unsaturated/α-hetero) is 1. The smallest absolute Gasteiger partial charge is 0.133 e. The third kappa shape index (κ3) is 8.12. The van der Waals surface area contributed by atoms with E-state index in [1.165, 1.54) is 19.3 Å². The van der Waals surface area contributed by atoms with Crippen LogP contribution in [-0.4, -0.2) is 17.8 Å². The second-order valence-corrected chi connectivity index (χ2v) is 4.08. The van der Waals surface area contributed by atoms with Crippen molar-refractivity contribution < 1.29 is 4.79 Å². The van der Waals surface area contributed by atoms with Crippen LogP contribution in [0.5, 0.6) is 0 Å². The maximum absolute atomic E-state index is 11.2. The van der Waals surface area contributed by atoms with Gasteiger partial charge in [0.1, 0.15) is 5.78 Å². The van der Waals surface area contributed by atoms with Gasteiger partial charge in [-0.1, -0.05) is 26.2 Å². The Morgan fingerprint density at radius 1 is 1.17 bits per heavy atom. The fourth-order valence-corrected chi connectivity index (χ4v) is 1.52. The lowest BCUT2D eigenvalue weighted by atomic mass is 10.1. The number of hydrogen-bond donors (Lipinski definition) is 0. The van der Waals surface area contributed by atoms with E-state index in [9.17, 15) is 4.79 Å². The molecular weight excluding hydrogens is 168 g/mol. The Balaban J connectivity index is 3.08. The molecule has 0 rings (SSSR count). The monoisotopic (exact) mass is 188 g/mol. The summed E-state index contributed by atoms with van der Waals surface area (Å²) in [6.45, 7) is 2.19. The van der Waals surface area contributed by atoms with Crippen LogP contribution in [0.3, 0.4) is 0 Å². The Labute approximate surface area is 80.3 Å². The van der Waals surface area contributed by atoms with Gasteiger partial charge in [-0.2, -0.15) is 11.8 Å². The van der Waals surface area contributed by atoms with Gasteiger partial charge < -0.3 is 0 Å². The number of hydrogen-bond acceptors (Lipinski definition) is 2. The minimum Gasteiger partial charge on any atom is -0.300 e. The summed E-state index contributed by atoms with van der Waals surface area (Å²) >= 11 is 1.75. The maximum Gasteiger partial charge on any atom is 0.133 e. The lowest BCUT2D eigenvalue weighted by Crippen LogP contribution is -1.98. The summed E-state index contributed by atoms with van der Waals surface area (Å²) in [6, 6.07) is 0. The third-order valence-electron chi connectivity index (χ3n) is 1.89. The molecule has 0 N–H and O–H groups in total. The van der Waals surface area contributed by atoms with Crippen molar-refractivity contribution in [3.63, 3.8) is 0 Å². The van der Waals surface area contributed by atoms with Crippen LogP contribution in [-0.2, 0) is 4.79 Å². The molecule has 0 heterocycles. The van der Waals surface area contributed by atoms with Gasteiger partial charge in [-0.3, -0.25) is 4.79 Å². The Bertz CT molecular complexity index is 112. The normalized spacial score (nSPS) is 10.2. The van der Waals surface area contributed by atoms with E-state index < -0.39 is 0 Å². The van der Waals surface area contributed by atoms with Crippen LogP contribution in [0.15, 0.2) is 0 Å². The Morgan fingerprint density at radius 3 is 2.50 bits per heavy atom. The van der Waals surface area contributed by atoms with E-state index in [4.69, 9.17) is 0 Å². The number of carbonyl (C=O) groups excluding carboxylic acids is 1.